The van der Waals surface area contributed by atoms with Crippen LogP contribution in [0.1, 0.15) is 34.1 Å². The number of methoxy groups -OCH3 is 1. The minimum absolute atomic E-state index is 0.0487. The van der Waals surface area contributed by atoms with Crippen LogP contribution in [-0.4, -0.2) is 13.1 Å². The van der Waals surface area contributed by atoms with Gasteiger partial charge in [-0.1, -0.05) is 27.7 Å². The fourth-order valence-electron chi connectivity index (χ4n) is 0.648. The smallest absolute Gasteiger partial charge is 0.306 e. The fourth-order valence-corrected chi connectivity index (χ4v) is 0.648. The maximum Gasteiger partial charge on any atom is 0.306 e. The zero-order valence-electron chi connectivity index (χ0n) is 8.86. The molecule has 0 aromatic heterocycles. The van der Waals surface area contributed by atoms with Gasteiger partial charge in [-0.2, -0.15) is 0 Å². The molecule has 0 bridgehead atoms. The van der Waals surface area contributed by atoms with E-state index in [0.29, 0.717) is 12.3 Å². The van der Waals surface area contributed by atoms with Crippen molar-refractivity contribution in [1.82, 2.24) is 0 Å². The van der Waals surface area contributed by atoms with Crippen LogP contribution in [0.25, 0.3) is 0 Å². The van der Waals surface area contributed by atoms with Crippen molar-refractivity contribution in [1.29, 1.82) is 0 Å². The molecule has 0 aliphatic carbocycles. The molecule has 0 aliphatic heterocycles. The molecule has 0 spiro atoms. The second-order valence-electron chi connectivity index (χ2n) is 3.90. The predicted octanol–water partition coefficient (Wildman–Crippen LogP) is 4.00. The van der Waals surface area contributed by atoms with E-state index in [9.17, 15) is 4.79 Å². The number of rotatable bonds is 3. The first-order valence-electron chi connectivity index (χ1n) is 4.11. The Morgan fingerprint density at radius 3 is 2.00 bits per heavy atom. The van der Waals surface area contributed by atoms with E-state index in [1.807, 2.05) is 0 Å². The summed E-state index contributed by atoms with van der Waals surface area (Å²) >= 11 is 4.24. The maximum absolute atomic E-state index is 10.9. The Morgan fingerprint density at radius 1 is 1.38 bits per heavy atom. The van der Waals surface area contributed by atoms with Gasteiger partial charge in [-0.15, -0.1) is 0 Å². The van der Waals surface area contributed by atoms with Gasteiger partial charge < -0.3 is 4.74 Å². The highest BCUT2D eigenvalue weighted by Crippen LogP contribution is 2.30. The lowest BCUT2D eigenvalue weighted by atomic mass is 9.78. The molecular formula is C9H18I2O2. The minimum Gasteiger partial charge on any atom is -0.469 e. The SMILES string of the molecule is COC(=O)CC(C)(C)C(C)C.II. The highest BCUT2D eigenvalue weighted by atomic mass is 128. The Labute approximate surface area is 104 Å². The van der Waals surface area contributed by atoms with Crippen LogP contribution in [0.4, 0.5) is 0 Å². The van der Waals surface area contributed by atoms with Gasteiger partial charge in [-0.3, -0.25) is 4.79 Å². The molecule has 0 saturated heterocycles. The van der Waals surface area contributed by atoms with Crippen LogP contribution in [0.5, 0.6) is 0 Å². The highest BCUT2D eigenvalue weighted by molar-refractivity contribution is 15.0. The third kappa shape index (κ3) is 7.96. The molecule has 0 radical (unpaired) electrons. The van der Waals surface area contributed by atoms with Crippen molar-refractivity contribution in [3.05, 3.63) is 0 Å². The van der Waals surface area contributed by atoms with Crippen LogP contribution in [-0.2, 0) is 9.53 Å². The van der Waals surface area contributed by atoms with E-state index >= 15 is 0 Å². The zero-order chi connectivity index (χ0) is 11.1. The van der Waals surface area contributed by atoms with Crippen LogP contribution < -0.4 is 0 Å². The lowest BCUT2D eigenvalue weighted by molar-refractivity contribution is -0.143. The van der Waals surface area contributed by atoms with Gasteiger partial charge in [0.15, 0.2) is 0 Å². The molecular weight excluding hydrogens is 394 g/mol. The zero-order valence-corrected chi connectivity index (χ0v) is 13.2. The molecule has 0 unspecified atom stereocenters. The van der Waals surface area contributed by atoms with Gasteiger partial charge in [0.2, 0.25) is 0 Å². The predicted molar refractivity (Wildman–Crippen MR) is 73.3 cm³/mol. The van der Waals surface area contributed by atoms with E-state index < -0.39 is 0 Å². The topological polar surface area (TPSA) is 26.3 Å². The van der Waals surface area contributed by atoms with Gasteiger partial charge in [0, 0.05) is 37.2 Å². The van der Waals surface area contributed by atoms with Gasteiger partial charge in [0.05, 0.1) is 13.5 Å². The standard InChI is InChI=1S/C9H18O2.I2/c1-7(2)9(3,4)6-8(10)11-5;1-2/h7H,6H2,1-5H3;. The van der Waals surface area contributed by atoms with Crippen LogP contribution in [0.3, 0.4) is 0 Å². The number of carbonyl (C=O) groups excluding carboxylic acids is 1. The molecule has 0 amide bonds. The Bertz CT molecular complexity index is 145. The van der Waals surface area contributed by atoms with Gasteiger partial charge in [-0.25, -0.2) is 0 Å². The van der Waals surface area contributed by atoms with E-state index in [0.717, 1.165) is 0 Å². The Morgan fingerprint density at radius 2 is 1.77 bits per heavy atom. The normalized spacial score (nSPS) is 10.5. The molecule has 80 valence electrons. The summed E-state index contributed by atoms with van der Waals surface area (Å²) in [6.07, 6.45) is 0.501. The van der Waals surface area contributed by atoms with E-state index in [-0.39, 0.29) is 11.4 Å². The number of esters is 1. The molecule has 2 nitrogen and oxygen atoms in total. The molecule has 0 N–H and O–H groups in total. The second-order valence-corrected chi connectivity index (χ2v) is 3.90. The van der Waals surface area contributed by atoms with Crippen molar-refractivity contribution >= 4 is 43.2 Å². The van der Waals surface area contributed by atoms with Crippen molar-refractivity contribution in [2.45, 2.75) is 34.1 Å². The summed E-state index contributed by atoms with van der Waals surface area (Å²) in [7, 11) is 1.43. The monoisotopic (exact) mass is 412 g/mol. The van der Waals surface area contributed by atoms with Gasteiger partial charge in [0.25, 0.3) is 0 Å². The minimum atomic E-state index is -0.122. The van der Waals surface area contributed by atoms with Crippen molar-refractivity contribution in [3.63, 3.8) is 0 Å². The van der Waals surface area contributed by atoms with Crippen molar-refractivity contribution in [2.24, 2.45) is 11.3 Å². The van der Waals surface area contributed by atoms with Crippen LogP contribution in [0.2, 0.25) is 0 Å². The first-order chi connectivity index (χ1) is 5.90. The van der Waals surface area contributed by atoms with Gasteiger partial charge in [0.1, 0.15) is 0 Å². The van der Waals surface area contributed by atoms with Crippen LogP contribution in [0.15, 0.2) is 0 Å². The first kappa shape index (κ1) is 16.4. The second kappa shape index (κ2) is 8.26. The Hall–Kier alpha value is 0.930. The van der Waals surface area contributed by atoms with Crippen molar-refractivity contribution < 1.29 is 9.53 Å². The fraction of sp³-hybridized carbons (Fsp3) is 0.889. The van der Waals surface area contributed by atoms with E-state index in [1.54, 1.807) is 0 Å². The number of carbonyl (C=O) groups is 1. The molecule has 13 heavy (non-hydrogen) atoms. The molecule has 0 rings (SSSR count). The van der Waals surface area contributed by atoms with E-state index in [1.165, 1.54) is 7.11 Å². The van der Waals surface area contributed by atoms with Crippen LogP contribution in [0, 0.1) is 11.3 Å². The first-order valence-corrected chi connectivity index (χ1v) is 10.4. The molecule has 4 heteroatoms. The third-order valence-corrected chi connectivity index (χ3v) is 2.39. The van der Waals surface area contributed by atoms with Gasteiger partial charge >= 0.3 is 5.97 Å². The number of ether oxygens (including phenoxy) is 1. The van der Waals surface area contributed by atoms with E-state index in [4.69, 9.17) is 0 Å². The third-order valence-electron chi connectivity index (χ3n) is 2.39. The summed E-state index contributed by atoms with van der Waals surface area (Å²) in [5, 5.41) is 0. The number of halogens is 2. The van der Waals surface area contributed by atoms with Crippen LogP contribution >= 0.6 is 37.2 Å². The van der Waals surface area contributed by atoms with Crippen molar-refractivity contribution in [3.8, 4) is 0 Å². The number of hydrogen-bond acceptors (Lipinski definition) is 2. The molecule has 0 aliphatic rings. The summed E-state index contributed by atoms with van der Waals surface area (Å²) < 4.78 is 4.60. The molecule has 0 fully saturated rings. The summed E-state index contributed by atoms with van der Waals surface area (Å²) in [6, 6.07) is 0. The summed E-state index contributed by atoms with van der Waals surface area (Å²) in [5.41, 5.74) is 0.0487. The molecule has 0 aromatic carbocycles. The maximum atomic E-state index is 10.9. The average molecular weight is 412 g/mol. The lowest BCUT2D eigenvalue weighted by Gasteiger charge is -2.27. The molecule has 0 saturated carbocycles. The van der Waals surface area contributed by atoms with Gasteiger partial charge in [-0.05, 0) is 11.3 Å². The summed E-state index contributed by atoms with van der Waals surface area (Å²) in [4.78, 5) is 10.9. The quantitative estimate of drug-likeness (QED) is 0.518. The largest absolute Gasteiger partial charge is 0.469 e. The summed E-state index contributed by atoms with van der Waals surface area (Å²) in [5.74, 6) is 0.380. The highest BCUT2D eigenvalue weighted by Gasteiger charge is 2.25. The Balaban J connectivity index is 0. The number of hydrogen-bond donors (Lipinski definition) is 0. The molecule has 0 aromatic rings. The molecule has 0 atom stereocenters. The summed E-state index contributed by atoms with van der Waals surface area (Å²) in [6.45, 7) is 8.38. The lowest BCUT2D eigenvalue weighted by Crippen LogP contribution is -2.23. The average Bonchev–Trinajstić information content (AvgIpc) is 2.07. The van der Waals surface area contributed by atoms with E-state index in [2.05, 4.69) is 69.7 Å². The molecule has 0 heterocycles. The Kier molecular flexibility index (Phi) is 10.4. The van der Waals surface area contributed by atoms with Crippen molar-refractivity contribution in [2.75, 3.05) is 7.11 Å².